The van der Waals surface area contributed by atoms with Crippen LogP contribution in [-0.4, -0.2) is 47.4 Å². The molecule has 0 aliphatic heterocycles. The molecule has 0 unspecified atom stereocenters. The maximum absolute atomic E-state index is 14.2. The molecule has 3 aliphatic carbocycles. The Bertz CT molecular complexity index is 1780. The third-order valence-electron chi connectivity index (χ3n) is 11.2. The number of amides is 1. The molecule has 3 aliphatic rings. The largest absolute Gasteiger partial charge is 0.506 e. The number of alkyl halides is 3. The number of halogens is 5. The second-order valence-corrected chi connectivity index (χ2v) is 15.1. The van der Waals surface area contributed by atoms with Crippen molar-refractivity contribution in [3.05, 3.63) is 81.1 Å². The van der Waals surface area contributed by atoms with E-state index in [-0.39, 0.29) is 59.0 Å². The number of benzene rings is 2. The highest BCUT2D eigenvalue weighted by atomic mass is 35.5. The van der Waals surface area contributed by atoms with Crippen molar-refractivity contribution < 1.29 is 37.3 Å². The number of hydrogen-bond donors (Lipinski definition) is 1. The average Bonchev–Trinajstić information content (AvgIpc) is 3.34. The Morgan fingerprint density at radius 3 is 2.54 bits per heavy atom. The van der Waals surface area contributed by atoms with Crippen molar-refractivity contribution in [2.24, 2.45) is 11.8 Å². The van der Waals surface area contributed by atoms with Crippen LogP contribution in [0.15, 0.2) is 48.7 Å². The topological polar surface area (TPSA) is 89.0 Å². The summed E-state index contributed by atoms with van der Waals surface area (Å²) in [6, 6.07) is 10.8. The molecule has 1 heterocycles. The second kappa shape index (κ2) is 13.9. The number of methoxy groups -OCH3 is 1. The van der Waals surface area contributed by atoms with Crippen LogP contribution in [0.2, 0.25) is 10.0 Å². The van der Waals surface area contributed by atoms with Gasteiger partial charge in [-0.15, -0.1) is 0 Å². The molecule has 268 valence electrons. The van der Waals surface area contributed by atoms with Crippen LogP contribution in [0, 0.1) is 11.8 Å². The van der Waals surface area contributed by atoms with Gasteiger partial charge in [0.25, 0.3) is 0 Å². The Morgan fingerprint density at radius 1 is 1.12 bits per heavy atom. The molecule has 7 nitrogen and oxygen atoms in total. The molecule has 50 heavy (non-hydrogen) atoms. The number of phenols is 1. The van der Waals surface area contributed by atoms with Crippen LogP contribution in [0.1, 0.15) is 87.1 Å². The Morgan fingerprint density at radius 2 is 1.86 bits per heavy atom. The number of ether oxygens (including phenoxy) is 2. The van der Waals surface area contributed by atoms with Crippen molar-refractivity contribution in [2.75, 3.05) is 18.6 Å². The van der Waals surface area contributed by atoms with Crippen LogP contribution < -0.4 is 9.64 Å². The molecule has 12 heteroatoms. The lowest BCUT2D eigenvalue weighted by Crippen LogP contribution is -2.63. The van der Waals surface area contributed by atoms with Gasteiger partial charge in [0, 0.05) is 28.2 Å². The van der Waals surface area contributed by atoms with Crippen molar-refractivity contribution in [3.63, 3.8) is 0 Å². The molecular weight excluding hydrogens is 692 g/mol. The first-order chi connectivity index (χ1) is 23.7. The van der Waals surface area contributed by atoms with E-state index >= 15 is 0 Å². The minimum atomic E-state index is -5.27. The summed E-state index contributed by atoms with van der Waals surface area (Å²) < 4.78 is 54.3. The van der Waals surface area contributed by atoms with E-state index in [4.69, 9.17) is 32.7 Å². The van der Waals surface area contributed by atoms with Gasteiger partial charge in [0.05, 0.1) is 18.7 Å². The molecule has 6 rings (SSSR count). The third kappa shape index (κ3) is 6.54. The second-order valence-electron chi connectivity index (χ2n) is 14.3. The molecule has 0 saturated heterocycles. The number of anilines is 1. The van der Waals surface area contributed by atoms with Gasteiger partial charge >= 0.3 is 18.1 Å². The normalized spacial score (nSPS) is 25.0. The number of hydrogen-bond acceptors (Lipinski definition) is 6. The zero-order valence-electron chi connectivity index (χ0n) is 28.3. The summed E-state index contributed by atoms with van der Waals surface area (Å²) >= 11 is 12.5. The van der Waals surface area contributed by atoms with Gasteiger partial charge in [-0.3, -0.25) is 14.7 Å². The maximum atomic E-state index is 14.2. The molecule has 1 N–H and O–H groups in total. The van der Waals surface area contributed by atoms with Crippen molar-refractivity contribution in [2.45, 2.75) is 94.7 Å². The number of carbonyl (C=O) groups excluding carboxylic acids is 2. The predicted molar refractivity (Wildman–Crippen MR) is 185 cm³/mol. The van der Waals surface area contributed by atoms with Gasteiger partial charge in [0.2, 0.25) is 0 Å². The maximum Gasteiger partial charge on any atom is 0.471 e. The summed E-state index contributed by atoms with van der Waals surface area (Å²) in [5.74, 6) is -1.91. The number of aryl methyl sites for hydroxylation is 1. The third-order valence-corrected chi connectivity index (χ3v) is 11.8. The van der Waals surface area contributed by atoms with E-state index in [1.807, 2.05) is 6.07 Å². The fourth-order valence-corrected chi connectivity index (χ4v) is 9.25. The molecule has 1 aromatic heterocycles. The highest BCUT2D eigenvalue weighted by Crippen LogP contribution is 2.58. The smallest absolute Gasteiger partial charge is 0.471 e. The van der Waals surface area contributed by atoms with E-state index in [2.05, 4.69) is 18.8 Å². The van der Waals surface area contributed by atoms with E-state index in [1.165, 1.54) is 29.8 Å². The molecule has 1 saturated carbocycles. The first-order valence-electron chi connectivity index (χ1n) is 17.1. The quantitative estimate of drug-likeness (QED) is 0.233. The number of esters is 1. The van der Waals surface area contributed by atoms with E-state index in [0.717, 1.165) is 48.9 Å². The Kier molecular flexibility index (Phi) is 10.1. The monoisotopic (exact) mass is 732 g/mol. The van der Waals surface area contributed by atoms with Crippen LogP contribution in [0.4, 0.5) is 18.9 Å². The van der Waals surface area contributed by atoms with Gasteiger partial charge < -0.3 is 14.6 Å². The Hall–Kier alpha value is -3.50. The molecule has 1 spiro atoms. The van der Waals surface area contributed by atoms with Crippen molar-refractivity contribution in [3.8, 4) is 11.5 Å². The fraction of sp³-hybridized carbons (Fsp3) is 0.500. The summed E-state index contributed by atoms with van der Waals surface area (Å²) in [7, 11) is 1.11. The molecule has 2 aromatic carbocycles. The number of carbonyl (C=O) groups is 2. The van der Waals surface area contributed by atoms with Gasteiger partial charge in [0.1, 0.15) is 17.0 Å². The number of aromatic nitrogens is 1. The summed E-state index contributed by atoms with van der Waals surface area (Å²) in [6.45, 7) is 4.76. The Labute approximate surface area is 300 Å². The molecule has 1 fully saturated rings. The number of fused-ring (bicyclic) bond motifs is 3. The molecule has 3 atom stereocenters. The molecular formula is C38H41Cl2F3N2O5. The standard InChI is InChI=1S/C38H41Cl2F3N2O5/c1-22(21-50-32-10-15-44-30-9-4-6-23(2)33(30)32)16-25-17-24-18-29(40)31(46)20-28(24)36(25)11-13-37(14-12-36,35(48)49-3)45(34(47)38(41,42)43)27-8-5-7-26(39)19-27/h5,7-8,10,15,18-20,22-23,25,46H,4,6,9,11-14,16-17,21H2,1-3H3/t22-,23+,25+,36?,37?/m1/s1. The predicted octanol–water partition coefficient (Wildman–Crippen LogP) is 9.13. The SMILES string of the molecule is COC(=O)C1(N(C(=O)C(F)(F)F)c2cccc(Cl)c2)CCC2(CC1)c1cc(O)c(Cl)cc1C[C@@H]2C[C@@H](C)COc1ccnc2c1[C@@H](C)CCC2. The number of nitrogens with zero attached hydrogens (tertiary/aromatic N) is 2. The zero-order chi connectivity index (χ0) is 36.0. The van der Waals surface area contributed by atoms with Crippen molar-refractivity contribution >= 4 is 40.8 Å². The minimum absolute atomic E-state index is 0.00664. The van der Waals surface area contributed by atoms with E-state index in [1.54, 1.807) is 18.3 Å². The van der Waals surface area contributed by atoms with Gasteiger partial charge in [-0.2, -0.15) is 13.2 Å². The summed E-state index contributed by atoms with van der Waals surface area (Å²) in [5.41, 5.74) is 1.36. The number of phenolic OH excluding ortho intramolecular Hbond substituents is 1. The average molecular weight is 734 g/mol. The number of aromatic hydroxyl groups is 1. The van der Waals surface area contributed by atoms with Crippen LogP contribution in [-0.2, 0) is 32.6 Å². The fourth-order valence-electron chi connectivity index (χ4n) is 8.88. The molecule has 3 aromatic rings. The Balaban J connectivity index is 1.32. The van der Waals surface area contributed by atoms with Gasteiger partial charge in [-0.1, -0.05) is 43.1 Å². The van der Waals surface area contributed by atoms with Gasteiger partial charge in [-0.25, -0.2) is 4.79 Å². The zero-order valence-corrected chi connectivity index (χ0v) is 29.8. The van der Waals surface area contributed by atoms with Crippen LogP contribution in [0.5, 0.6) is 11.5 Å². The van der Waals surface area contributed by atoms with E-state index in [9.17, 15) is 27.9 Å². The molecule has 1 amide bonds. The summed E-state index contributed by atoms with van der Waals surface area (Å²) in [6.07, 6.45) is 1.26. The van der Waals surface area contributed by atoms with Crippen molar-refractivity contribution in [1.29, 1.82) is 0 Å². The lowest BCUT2D eigenvalue weighted by atomic mass is 9.59. The van der Waals surface area contributed by atoms with Crippen molar-refractivity contribution in [1.82, 2.24) is 4.98 Å². The lowest BCUT2D eigenvalue weighted by Gasteiger charge is -2.51. The van der Waals surface area contributed by atoms with Crippen LogP contribution in [0.3, 0.4) is 0 Å². The molecule has 0 bridgehead atoms. The van der Waals surface area contributed by atoms with Crippen LogP contribution >= 0.6 is 23.2 Å². The first kappa shape index (κ1) is 36.3. The minimum Gasteiger partial charge on any atom is -0.506 e. The highest BCUT2D eigenvalue weighted by Gasteiger charge is 2.60. The van der Waals surface area contributed by atoms with Gasteiger partial charge in [-0.05, 0) is 128 Å². The number of rotatable bonds is 8. The van der Waals surface area contributed by atoms with Gasteiger partial charge in [0.15, 0.2) is 0 Å². The van der Waals surface area contributed by atoms with Crippen LogP contribution in [0.25, 0.3) is 0 Å². The summed E-state index contributed by atoms with van der Waals surface area (Å²) in [4.78, 5) is 32.0. The van der Waals surface area contributed by atoms with E-state index in [0.29, 0.717) is 30.3 Å². The number of pyridine rings is 1. The first-order valence-corrected chi connectivity index (χ1v) is 17.8. The summed E-state index contributed by atoms with van der Waals surface area (Å²) in [5, 5.41) is 11.1. The lowest BCUT2D eigenvalue weighted by molar-refractivity contribution is -0.174. The molecule has 0 radical (unpaired) electrons. The van der Waals surface area contributed by atoms with E-state index < -0.39 is 29.0 Å². The highest BCUT2D eigenvalue weighted by molar-refractivity contribution is 6.32.